The number of aliphatic carboxylic acids is 1. The molecule has 0 aromatic carbocycles. The van der Waals surface area contributed by atoms with Gasteiger partial charge >= 0.3 is 5.97 Å². The van der Waals surface area contributed by atoms with E-state index in [1.165, 1.54) is 0 Å². The zero-order chi connectivity index (χ0) is 12.2. The van der Waals surface area contributed by atoms with Crippen molar-refractivity contribution < 1.29 is 23.4 Å². The van der Waals surface area contributed by atoms with E-state index in [0.29, 0.717) is 0 Å². The van der Waals surface area contributed by atoms with Crippen LogP contribution in [0.5, 0.6) is 0 Å². The highest BCUT2D eigenvalue weighted by Crippen LogP contribution is 2.32. The van der Waals surface area contributed by atoms with Crippen molar-refractivity contribution in [3.8, 4) is 0 Å². The molecule has 1 fully saturated rings. The lowest BCUT2D eigenvalue weighted by Crippen LogP contribution is -2.34. The van der Waals surface area contributed by atoms with Gasteiger partial charge in [0.2, 0.25) is 10.0 Å². The smallest absolute Gasteiger partial charge is 0.303 e. The zero-order valence-electron chi connectivity index (χ0n) is 8.92. The monoisotopic (exact) mass is 251 g/mol. The molecule has 1 aliphatic carbocycles. The summed E-state index contributed by atoms with van der Waals surface area (Å²) in [6.07, 6.45) is 1.20. The Balaban J connectivity index is 2.19. The molecule has 0 spiro atoms. The Hall–Kier alpha value is -0.660. The van der Waals surface area contributed by atoms with Gasteiger partial charge in [0.25, 0.3) is 0 Å². The van der Waals surface area contributed by atoms with E-state index < -0.39 is 22.1 Å². The molecule has 1 rings (SSSR count). The van der Waals surface area contributed by atoms with Gasteiger partial charge in [0, 0.05) is 13.0 Å². The molecule has 7 heteroatoms. The minimum Gasteiger partial charge on any atom is -0.481 e. The Morgan fingerprint density at radius 3 is 2.56 bits per heavy atom. The van der Waals surface area contributed by atoms with Gasteiger partial charge in [-0.05, 0) is 25.2 Å². The fraction of sp³-hybridized carbons (Fsp3) is 0.889. The molecule has 0 aromatic heterocycles. The van der Waals surface area contributed by atoms with Crippen molar-refractivity contribution in [3.63, 3.8) is 0 Å². The number of hydrogen-bond donors (Lipinski definition) is 3. The number of carbonyl (C=O) groups is 1. The molecule has 0 radical (unpaired) electrons. The number of aliphatic hydroxyl groups is 1. The van der Waals surface area contributed by atoms with E-state index in [1.54, 1.807) is 0 Å². The Bertz CT molecular complexity index is 336. The number of sulfonamides is 1. The van der Waals surface area contributed by atoms with Crippen LogP contribution in [-0.4, -0.2) is 43.0 Å². The molecule has 16 heavy (non-hydrogen) atoms. The van der Waals surface area contributed by atoms with E-state index in [4.69, 9.17) is 5.11 Å². The normalized spacial score (nSPS) is 18.3. The molecule has 0 aromatic rings. The Morgan fingerprint density at radius 1 is 1.44 bits per heavy atom. The van der Waals surface area contributed by atoms with Crippen LogP contribution in [0.15, 0.2) is 0 Å². The molecular weight excluding hydrogens is 234 g/mol. The lowest BCUT2D eigenvalue weighted by Gasteiger charge is -2.10. The summed E-state index contributed by atoms with van der Waals surface area (Å²) in [6, 6.07) is 0. The van der Waals surface area contributed by atoms with Gasteiger partial charge < -0.3 is 10.2 Å². The van der Waals surface area contributed by atoms with E-state index in [0.717, 1.165) is 12.8 Å². The maximum absolute atomic E-state index is 11.3. The first kappa shape index (κ1) is 13.4. The van der Waals surface area contributed by atoms with Crippen molar-refractivity contribution in [3.05, 3.63) is 0 Å². The second-order valence-electron chi connectivity index (χ2n) is 4.07. The standard InChI is InChI=1S/C9H17NO5S/c11-8(7-3-4-7)6-10-16(14,15)5-1-2-9(12)13/h7-8,10-11H,1-6H2,(H,12,13). The van der Waals surface area contributed by atoms with Crippen LogP contribution in [-0.2, 0) is 14.8 Å². The Kier molecular flexibility index (Phi) is 4.69. The van der Waals surface area contributed by atoms with Crippen LogP contribution in [0.1, 0.15) is 25.7 Å². The summed E-state index contributed by atoms with van der Waals surface area (Å²) in [5.74, 6) is -0.994. The van der Waals surface area contributed by atoms with Crippen LogP contribution in [0.4, 0.5) is 0 Å². The van der Waals surface area contributed by atoms with Gasteiger partial charge in [-0.1, -0.05) is 0 Å². The number of aliphatic hydroxyl groups excluding tert-OH is 1. The van der Waals surface area contributed by atoms with Gasteiger partial charge in [0.1, 0.15) is 0 Å². The molecular formula is C9H17NO5S. The van der Waals surface area contributed by atoms with E-state index in [2.05, 4.69) is 4.72 Å². The molecule has 3 N–H and O–H groups in total. The van der Waals surface area contributed by atoms with Crippen LogP contribution < -0.4 is 4.72 Å². The fourth-order valence-corrected chi connectivity index (χ4v) is 2.44. The van der Waals surface area contributed by atoms with E-state index >= 15 is 0 Å². The summed E-state index contributed by atoms with van der Waals surface area (Å²) in [6.45, 7) is 0.0278. The van der Waals surface area contributed by atoms with E-state index in [1.807, 2.05) is 0 Å². The number of carboxylic acid groups (broad SMARTS) is 1. The highest BCUT2D eigenvalue weighted by atomic mass is 32.2. The minimum absolute atomic E-state index is 0.0278. The quantitative estimate of drug-likeness (QED) is 0.541. The molecule has 0 bridgehead atoms. The van der Waals surface area contributed by atoms with Crippen molar-refractivity contribution in [1.82, 2.24) is 4.72 Å². The maximum atomic E-state index is 11.3. The van der Waals surface area contributed by atoms with Crippen molar-refractivity contribution in [1.29, 1.82) is 0 Å². The van der Waals surface area contributed by atoms with E-state index in [9.17, 15) is 18.3 Å². The van der Waals surface area contributed by atoms with Gasteiger partial charge in [0.05, 0.1) is 11.9 Å². The molecule has 0 aliphatic heterocycles. The largest absolute Gasteiger partial charge is 0.481 e. The Morgan fingerprint density at radius 2 is 2.06 bits per heavy atom. The minimum atomic E-state index is -3.45. The second-order valence-corrected chi connectivity index (χ2v) is 6.00. The van der Waals surface area contributed by atoms with Crippen molar-refractivity contribution in [2.75, 3.05) is 12.3 Å². The predicted molar refractivity (Wildman–Crippen MR) is 57.4 cm³/mol. The first-order valence-corrected chi connectivity index (χ1v) is 6.93. The van der Waals surface area contributed by atoms with Crippen LogP contribution >= 0.6 is 0 Å². The molecule has 0 heterocycles. The lowest BCUT2D eigenvalue weighted by atomic mass is 10.2. The van der Waals surface area contributed by atoms with Gasteiger partial charge in [-0.15, -0.1) is 0 Å². The first-order valence-electron chi connectivity index (χ1n) is 5.28. The predicted octanol–water partition coefficient (Wildman–Crippen LogP) is -0.458. The summed E-state index contributed by atoms with van der Waals surface area (Å²) in [5.41, 5.74) is 0. The molecule has 6 nitrogen and oxygen atoms in total. The van der Waals surface area contributed by atoms with E-state index in [-0.39, 0.29) is 31.1 Å². The Labute approximate surface area is 94.7 Å². The zero-order valence-corrected chi connectivity index (χ0v) is 9.74. The summed E-state index contributed by atoms with van der Waals surface area (Å²) in [7, 11) is -3.45. The highest BCUT2D eigenvalue weighted by Gasteiger charge is 2.30. The van der Waals surface area contributed by atoms with Gasteiger partial charge in [0.15, 0.2) is 0 Å². The van der Waals surface area contributed by atoms with Crippen LogP contribution in [0.25, 0.3) is 0 Å². The fourth-order valence-electron chi connectivity index (χ4n) is 1.35. The number of carboxylic acids is 1. The number of rotatable bonds is 8. The van der Waals surface area contributed by atoms with Crippen molar-refractivity contribution in [2.45, 2.75) is 31.8 Å². The first-order chi connectivity index (χ1) is 7.41. The highest BCUT2D eigenvalue weighted by molar-refractivity contribution is 7.89. The van der Waals surface area contributed by atoms with Gasteiger partial charge in [-0.25, -0.2) is 13.1 Å². The maximum Gasteiger partial charge on any atom is 0.303 e. The third-order valence-corrected chi connectivity index (χ3v) is 3.91. The topological polar surface area (TPSA) is 104 Å². The molecule has 1 aliphatic rings. The van der Waals surface area contributed by atoms with Crippen molar-refractivity contribution >= 4 is 16.0 Å². The summed E-state index contributed by atoms with van der Waals surface area (Å²) < 4.78 is 25.0. The molecule has 0 saturated heterocycles. The average molecular weight is 251 g/mol. The summed E-state index contributed by atoms with van der Waals surface area (Å²) in [4.78, 5) is 10.2. The molecule has 0 amide bonds. The van der Waals surface area contributed by atoms with Gasteiger partial charge in [-0.2, -0.15) is 0 Å². The summed E-state index contributed by atoms with van der Waals surface area (Å²) >= 11 is 0. The number of nitrogens with one attached hydrogen (secondary N) is 1. The number of hydrogen-bond acceptors (Lipinski definition) is 4. The molecule has 1 atom stereocenters. The van der Waals surface area contributed by atoms with Crippen LogP contribution in [0.2, 0.25) is 0 Å². The van der Waals surface area contributed by atoms with Crippen LogP contribution in [0, 0.1) is 5.92 Å². The third kappa shape index (κ3) is 5.43. The van der Waals surface area contributed by atoms with Crippen molar-refractivity contribution in [2.24, 2.45) is 5.92 Å². The second kappa shape index (κ2) is 5.60. The third-order valence-electron chi connectivity index (χ3n) is 2.48. The summed E-state index contributed by atoms with van der Waals surface area (Å²) in [5, 5.41) is 17.8. The molecule has 1 unspecified atom stereocenters. The lowest BCUT2D eigenvalue weighted by molar-refractivity contribution is -0.137. The van der Waals surface area contributed by atoms with Crippen LogP contribution in [0.3, 0.4) is 0 Å². The SMILES string of the molecule is O=C(O)CCCS(=O)(=O)NCC(O)C1CC1. The van der Waals surface area contributed by atoms with Gasteiger partial charge in [-0.3, -0.25) is 4.79 Å². The molecule has 1 saturated carbocycles. The average Bonchev–Trinajstić information content (AvgIpc) is 2.96. The molecule has 94 valence electrons.